The summed E-state index contributed by atoms with van der Waals surface area (Å²) in [5, 5.41) is 4.28. The Balaban J connectivity index is 1.14. The molecule has 1 aromatic carbocycles. The number of rotatable bonds is 6. The van der Waals surface area contributed by atoms with Gasteiger partial charge in [0.15, 0.2) is 5.82 Å². The maximum atomic E-state index is 14.0. The first-order chi connectivity index (χ1) is 19.8. The Kier molecular flexibility index (Phi) is 7.96. The van der Waals surface area contributed by atoms with Gasteiger partial charge in [0.1, 0.15) is 11.4 Å². The number of alkyl halides is 3. The molecule has 0 saturated carbocycles. The number of halogens is 3. The Morgan fingerprint density at radius 3 is 2.32 bits per heavy atom. The number of piperidine rings is 1. The van der Waals surface area contributed by atoms with E-state index in [1.54, 1.807) is 6.20 Å². The topological polar surface area (TPSA) is 72.9 Å². The summed E-state index contributed by atoms with van der Waals surface area (Å²) in [6.45, 7) is 6.69. The van der Waals surface area contributed by atoms with Crippen LogP contribution < -0.4 is 15.3 Å². The van der Waals surface area contributed by atoms with E-state index < -0.39 is 11.7 Å². The Hall–Kier alpha value is -3.48. The van der Waals surface area contributed by atoms with E-state index in [9.17, 15) is 13.2 Å². The molecule has 1 unspecified atom stereocenters. The van der Waals surface area contributed by atoms with E-state index in [0.717, 1.165) is 69.7 Å². The molecular weight excluding hydrogens is 533 g/mol. The number of aromatic nitrogens is 3. The van der Waals surface area contributed by atoms with E-state index in [-0.39, 0.29) is 17.8 Å². The van der Waals surface area contributed by atoms with Gasteiger partial charge < -0.3 is 15.1 Å². The van der Waals surface area contributed by atoms with Crippen molar-refractivity contribution in [1.29, 1.82) is 0 Å². The maximum Gasteiger partial charge on any atom is 0.421 e. The molecule has 218 valence electrons. The molecule has 2 aromatic heterocycles. The fourth-order valence-electron chi connectivity index (χ4n) is 5.88. The van der Waals surface area contributed by atoms with E-state index in [4.69, 9.17) is 4.84 Å². The quantitative estimate of drug-likeness (QED) is 0.454. The molecule has 3 aliphatic rings. The van der Waals surface area contributed by atoms with Gasteiger partial charge in [-0.15, -0.1) is 0 Å². The number of pyridine rings is 1. The summed E-state index contributed by atoms with van der Waals surface area (Å²) in [6, 6.07) is 13.4. The summed E-state index contributed by atoms with van der Waals surface area (Å²) in [5.74, 6) is 0.615. The minimum atomic E-state index is -4.64. The number of nitrogens with one attached hydrogen (secondary N) is 1. The Morgan fingerprint density at radius 2 is 1.63 bits per heavy atom. The molecule has 3 fully saturated rings. The predicted octanol–water partition coefficient (Wildman–Crippen LogP) is 4.73. The third-order valence-electron chi connectivity index (χ3n) is 8.22. The normalized spacial score (nSPS) is 21.4. The van der Waals surface area contributed by atoms with Crippen molar-refractivity contribution in [3.63, 3.8) is 0 Å². The van der Waals surface area contributed by atoms with Crippen LogP contribution in [0.2, 0.25) is 0 Å². The molecule has 1 atom stereocenters. The number of anilines is 4. The SMILES string of the molecule is CN1CCN(C2CCN(c3ccc(Nc4ncc(C(F)(F)F)c(N5OCCC5c5ccccc5)n4)cn3)CC2)CC1. The highest BCUT2D eigenvalue weighted by molar-refractivity contribution is 5.58. The monoisotopic (exact) mass is 568 g/mol. The van der Waals surface area contributed by atoms with Gasteiger partial charge in [-0.3, -0.25) is 9.74 Å². The molecule has 0 radical (unpaired) electrons. The molecule has 3 aromatic rings. The number of benzene rings is 1. The highest BCUT2D eigenvalue weighted by atomic mass is 19.4. The highest BCUT2D eigenvalue weighted by Crippen LogP contribution is 2.41. The third-order valence-corrected chi connectivity index (χ3v) is 8.22. The van der Waals surface area contributed by atoms with Crippen LogP contribution in [0, 0.1) is 0 Å². The molecule has 0 amide bonds. The third kappa shape index (κ3) is 6.24. The summed E-state index contributed by atoms with van der Waals surface area (Å²) in [4.78, 5) is 25.8. The second kappa shape index (κ2) is 11.8. The molecule has 5 heterocycles. The lowest BCUT2D eigenvalue weighted by Gasteiger charge is -2.42. The van der Waals surface area contributed by atoms with Crippen LogP contribution in [0.5, 0.6) is 0 Å². The van der Waals surface area contributed by atoms with Crippen LogP contribution in [0.15, 0.2) is 54.9 Å². The van der Waals surface area contributed by atoms with Crippen LogP contribution in [0.1, 0.15) is 36.4 Å². The van der Waals surface area contributed by atoms with Gasteiger partial charge in [-0.2, -0.15) is 18.2 Å². The molecule has 6 rings (SSSR count). The zero-order chi connectivity index (χ0) is 28.4. The summed E-state index contributed by atoms with van der Waals surface area (Å²) in [7, 11) is 2.18. The van der Waals surface area contributed by atoms with Crippen molar-refractivity contribution >= 4 is 23.3 Å². The Bertz CT molecular complexity index is 1290. The van der Waals surface area contributed by atoms with Crippen LogP contribution in [-0.4, -0.2) is 83.7 Å². The molecule has 3 saturated heterocycles. The maximum absolute atomic E-state index is 14.0. The largest absolute Gasteiger partial charge is 0.421 e. The van der Waals surface area contributed by atoms with Crippen LogP contribution in [-0.2, 0) is 11.0 Å². The molecule has 12 heteroatoms. The van der Waals surface area contributed by atoms with Crippen molar-refractivity contribution in [2.24, 2.45) is 0 Å². The number of hydrogen-bond acceptors (Lipinski definition) is 9. The van der Waals surface area contributed by atoms with Crippen LogP contribution >= 0.6 is 0 Å². The van der Waals surface area contributed by atoms with E-state index in [1.807, 2.05) is 42.5 Å². The van der Waals surface area contributed by atoms with Crippen molar-refractivity contribution < 1.29 is 18.0 Å². The first-order valence-electron chi connectivity index (χ1n) is 14.2. The number of hydroxylamine groups is 1. The van der Waals surface area contributed by atoms with Crippen LogP contribution in [0.25, 0.3) is 0 Å². The van der Waals surface area contributed by atoms with E-state index in [0.29, 0.717) is 24.8 Å². The molecule has 41 heavy (non-hydrogen) atoms. The lowest BCUT2D eigenvalue weighted by atomic mass is 10.0. The minimum Gasteiger partial charge on any atom is -0.357 e. The van der Waals surface area contributed by atoms with Gasteiger partial charge in [-0.1, -0.05) is 30.3 Å². The number of nitrogens with zero attached hydrogens (tertiary/aromatic N) is 7. The molecule has 3 aliphatic heterocycles. The van der Waals surface area contributed by atoms with Gasteiger partial charge in [-0.25, -0.2) is 15.0 Å². The molecular formula is C29H35F3N8O. The predicted molar refractivity (Wildman–Crippen MR) is 151 cm³/mol. The van der Waals surface area contributed by atoms with E-state index >= 15 is 0 Å². The van der Waals surface area contributed by atoms with Crippen LogP contribution in [0.4, 0.5) is 36.4 Å². The molecule has 0 spiro atoms. The summed E-state index contributed by atoms with van der Waals surface area (Å²) < 4.78 is 41.9. The average molecular weight is 569 g/mol. The Morgan fingerprint density at radius 1 is 0.878 bits per heavy atom. The average Bonchev–Trinajstić information content (AvgIpc) is 3.48. The van der Waals surface area contributed by atoms with Gasteiger partial charge in [0.25, 0.3) is 0 Å². The van der Waals surface area contributed by atoms with Gasteiger partial charge >= 0.3 is 6.18 Å². The highest BCUT2D eigenvalue weighted by Gasteiger charge is 2.40. The second-order valence-corrected chi connectivity index (χ2v) is 10.9. The van der Waals surface area contributed by atoms with Crippen molar-refractivity contribution in [3.8, 4) is 0 Å². The van der Waals surface area contributed by atoms with Gasteiger partial charge in [0, 0.05) is 57.9 Å². The number of likely N-dealkylation sites (N-methyl/N-ethyl adjacent to an activating group) is 1. The van der Waals surface area contributed by atoms with Gasteiger partial charge in [-0.05, 0) is 37.6 Å². The zero-order valence-electron chi connectivity index (χ0n) is 23.1. The summed E-state index contributed by atoms with van der Waals surface area (Å²) in [6.07, 6.45) is 0.600. The molecule has 1 N–H and O–H groups in total. The molecule has 0 aliphatic carbocycles. The van der Waals surface area contributed by atoms with Crippen molar-refractivity contribution in [2.45, 2.75) is 37.5 Å². The minimum absolute atomic E-state index is 0.0397. The first kappa shape index (κ1) is 27.7. The van der Waals surface area contributed by atoms with Crippen molar-refractivity contribution in [1.82, 2.24) is 24.8 Å². The van der Waals surface area contributed by atoms with Crippen LogP contribution in [0.3, 0.4) is 0 Å². The number of hydrogen-bond donors (Lipinski definition) is 1. The van der Waals surface area contributed by atoms with E-state index in [2.05, 4.69) is 42.0 Å². The van der Waals surface area contributed by atoms with E-state index in [1.165, 1.54) is 5.06 Å². The summed E-state index contributed by atoms with van der Waals surface area (Å²) >= 11 is 0. The molecule has 0 bridgehead atoms. The van der Waals surface area contributed by atoms with Crippen molar-refractivity contribution in [3.05, 3.63) is 66.0 Å². The Labute approximate surface area is 237 Å². The summed E-state index contributed by atoms with van der Waals surface area (Å²) in [5.41, 5.74) is 0.506. The van der Waals surface area contributed by atoms with Gasteiger partial charge in [0.05, 0.1) is 24.5 Å². The molecule has 9 nitrogen and oxygen atoms in total. The zero-order valence-corrected chi connectivity index (χ0v) is 23.1. The number of piperazine rings is 1. The first-order valence-corrected chi connectivity index (χ1v) is 14.2. The van der Waals surface area contributed by atoms with Crippen molar-refractivity contribution in [2.75, 3.05) is 68.2 Å². The lowest BCUT2D eigenvalue weighted by Crippen LogP contribution is -2.52. The second-order valence-electron chi connectivity index (χ2n) is 10.9. The fourth-order valence-corrected chi connectivity index (χ4v) is 5.88. The fraction of sp³-hybridized carbons (Fsp3) is 0.483. The smallest absolute Gasteiger partial charge is 0.357 e. The standard InChI is InChI=1S/C29H35F3N8O/c1-37-14-16-38(17-15-37)23-9-12-39(13-10-23)26-8-7-22(19-33-26)35-28-34-20-24(29(30,31)32)27(36-28)40-25(11-18-41-40)21-5-3-2-4-6-21/h2-8,19-20,23,25H,9-18H2,1H3,(H,34,35,36). The van der Waals surface area contributed by atoms with Gasteiger partial charge in [0.2, 0.25) is 5.95 Å². The lowest BCUT2D eigenvalue weighted by molar-refractivity contribution is -0.138.